The third-order valence-electron chi connectivity index (χ3n) is 1.58. The quantitative estimate of drug-likeness (QED) is 0.500. The van der Waals surface area contributed by atoms with Crippen molar-refractivity contribution in [2.75, 3.05) is 0 Å². The lowest BCUT2D eigenvalue weighted by Crippen LogP contribution is -2.32. The molecule has 0 saturated carbocycles. The van der Waals surface area contributed by atoms with Crippen molar-refractivity contribution in [1.29, 1.82) is 0 Å². The number of carboxylic acids is 1. The number of nitrogens with one attached hydrogen (secondary N) is 2. The first-order valence-corrected chi connectivity index (χ1v) is 4.32. The molecule has 0 aromatic carbocycles. The minimum atomic E-state index is -1.00. The van der Waals surface area contributed by atoms with Crippen LogP contribution in [0.15, 0.2) is 18.9 Å². The van der Waals surface area contributed by atoms with Gasteiger partial charge in [-0.15, -0.1) is 10.2 Å². The van der Waals surface area contributed by atoms with Crippen LogP contribution in [0.5, 0.6) is 0 Å². The summed E-state index contributed by atoms with van der Waals surface area (Å²) in [5, 5.41) is 20.6. The van der Waals surface area contributed by atoms with Crippen LogP contribution in [0.4, 0.5) is 0 Å². The van der Waals surface area contributed by atoms with Crippen molar-refractivity contribution >= 4 is 5.97 Å². The maximum Gasteiger partial charge on any atom is 0.320 e. The average Bonchev–Trinajstić information content (AvgIpc) is 2.92. The summed E-state index contributed by atoms with van der Waals surface area (Å²) in [4.78, 5) is 16.8. The number of aromatic nitrogens is 6. The molecule has 0 aliphatic heterocycles. The standard InChI is InChI=1S/C6H9N3O2.CH2N4/c7-5(6(10)11)1-4-2-8-3-9-4;1-2-4-5-3-1/h2-3,5H,1,7H2,(H,8,9)(H,10,11);1H,(H,2,3,4,5). The first-order valence-electron chi connectivity index (χ1n) is 4.32. The van der Waals surface area contributed by atoms with E-state index in [1.54, 1.807) is 6.20 Å². The van der Waals surface area contributed by atoms with Crippen molar-refractivity contribution in [1.82, 2.24) is 30.6 Å². The van der Waals surface area contributed by atoms with Crippen LogP contribution in [0, 0.1) is 0 Å². The Balaban J connectivity index is 0.000000212. The molecule has 0 aliphatic carbocycles. The minimum absolute atomic E-state index is 0.287. The van der Waals surface area contributed by atoms with Gasteiger partial charge in [0.05, 0.1) is 6.33 Å². The van der Waals surface area contributed by atoms with Crippen LogP contribution in [0.1, 0.15) is 5.69 Å². The second-order valence-electron chi connectivity index (χ2n) is 2.79. The van der Waals surface area contributed by atoms with Gasteiger partial charge in [-0.05, 0) is 0 Å². The molecule has 9 nitrogen and oxygen atoms in total. The van der Waals surface area contributed by atoms with Gasteiger partial charge in [0.1, 0.15) is 6.04 Å². The molecule has 1 atom stereocenters. The third-order valence-corrected chi connectivity index (χ3v) is 1.58. The first kappa shape index (κ1) is 11.8. The van der Waals surface area contributed by atoms with Gasteiger partial charge in [-0.1, -0.05) is 5.21 Å². The predicted octanol–water partition coefficient (Wildman–Crippen LogP) is -1.44. The van der Waals surface area contributed by atoms with E-state index < -0.39 is 12.0 Å². The fourth-order valence-electron chi connectivity index (χ4n) is 0.850. The van der Waals surface area contributed by atoms with E-state index >= 15 is 0 Å². The molecule has 0 bridgehead atoms. The Morgan fingerprint density at radius 2 is 2.44 bits per heavy atom. The average molecular weight is 225 g/mol. The molecule has 0 aliphatic rings. The number of aliphatic carboxylic acids is 1. The highest BCUT2D eigenvalue weighted by Gasteiger charge is 2.11. The Kier molecular flexibility index (Phi) is 4.60. The lowest BCUT2D eigenvalue weighted by Gasteiger charge is -2.02. The molecule has 2 aromatic rings. The van der Waals surface area contributed by atoms with Crippen molar-refractivity contribution in [3.63, 3.8) is 0 Å². The second kappa shape index (κ2) is 6.24. The fourth-order valence-corrected chi connectivity index (χ4v) is 0.850. The Hall–Kier alpha value is -2.29. The molecule has 0 amide bonds. The van der Waals surface area contributed by atoms with Crippen LogP contribution in [0.3, 0.4) is 0 Å². The molecular formula is C7H11N7O2. The number of nitrogens with zero attached hydrogens (tertiary/aromatic N) is 4. The van der Waals surface area contributed by atoms with Crippen LogP contribution in [0.2, 0.25) is 0 Å². The molecular weight excluding hydrogens is 214 g/mol. The molecule has 0 fully saturated rings. The smallest absolute Gasteiger partial charge is 0.320 e. The van der Waals surface area contributed by atoms with Crippen LogP contribution in [-0.2, 0) is 11.2 Å². The van der Waals surface area contributed by atoms with E-state index in [-0.39, 0.29) is 6.42 Å². The molecule has 2 heterocycles. The van der Waals surface area contributed by atoms with Gasteiger partial charge in [0, 0.05) is 18.3 Å². The number of hydrogen-bond acceptors (Lipinski definition) is 6. The third kappa shape index (κ3) is 4.28. The van der Waals surface area contributed by atoms with Gasteiger partial charge < -0.3 is 15.8 Å². The molecule has 2 aromatic heterocycles. The van der Waals surface area contributed by atoms with Crippen LogP contribution in [0.25, 0.3) is 0 Å². The van der Waals surface area contributed by atoms with Crippen molar-refractivity contribution < 1.29 is 9.90 Å². The molecule has 0 radical (unpaired) electrons. The summed E-state index contributed by atoms with van der Waals surface area (Å²) in [6.45, 7) is 0. The number of hydrogen-bond donors (Lipinski definition) is 4. The van der Waals surface area contributed by atoms with E-state index in [9.17, 15) is 4.79 Å². The number of tetrazole rings is 1. The Bertz CT molecular complexity index is 368. The number of rotatable bonds is 3. The van der Waals surface area contributed by atoms with E-state index in [1.807, 2.05) is 0 Å². The van der Waals surface area contributed by atoms with Crippen LogP contribution >= 0.6 is 0 Å². The van der Waals surface area contributed by atoms with E-state index in [4.69, 9.17) is 10.8 Å². The predicted molar refractivity (Wildman–Crippen MR) is 52.1 cm³/mol. The zero-order chi connectivity index (χ0) is 11.8. The maximum absolute atomic E-state index is 10.3. The van der Waals surface area contributed by atoms with Crippen molar-refractivity contribution in [2.24, 2.45) is 5.73 Å². The summed E-state index contributed by atoms with van der Waals surface area (Å²) < 4.78 is 0. The Labute approximate surface area is 90.1 Å². The van der Waals surface area contributed by atoms with Gasteiger partial charge in [0.2, 0.25) is 0 Å². The fraction of sp³-hybridized carbons (Fsp3) is 0.286. The highest BCUT2D eigenvalue weighted by atomic mass is 16.4. The number of aromatic amines is 2. The highest BCUT2D eigenvalue weighted by molar-refractivity contribution is 5.73. The van der Waals surface area contributed by atoms with E-state index in [2.05, 4.69) is 30.6 Å². The molecule has 16 heavy (non-hydrogen) atoms. The van der Waals surface area contributed by atoms with E-state index in [1.165, 1.54) is 12.7 Å². The van der Waals surface area contributed by atoms with E-state index in [0.717, 1.165) is 5.69 Å². The van der Waals surface area contributed by atoms with Gasteiger partial charge in [0.15, 0.2) is 6.33 Å². The van der Waals surface area contributed by atoms with Crippen LogP contribution < -0.4 is 5.73 Å². The van der Waals surface area contributed by atoms with Gasteiger partial charge in [-0.3, -0.25) is 4.79 Å². The normalized spacial score (nSPS) is 11.3. The second-order valence-corrected chi connectivity index (χ2v) is 2.79. The van der Waals surface area contributed by atoms with Gasteiger partial charge in [-0.2, -0.15) is 5.21 Å². The summed E-state index contributed by atoms with van der Waals surface area (Å²) in [6, 6.07) is -0.851. The highest BCUT2D eigenvalue weighted by Crippen LogP contribution is 1.95. The summed E-state index contributed by atoms with van der Waals surface area (Å²) in [5.74, 6) is -1.00. The largest absolute Gasteiger partial charge is 0.480 e. The molecule has 0 spiro atoms. The van der Waals surface area contributed by atoms with Crippen LogP contribution in [-0.4, -0.2) is 47.7 Å². The summed E-state index contributed by atoms with van der Waals surface area (Å²) in [7, 11) is 0. The van der Waals surface area contributed by atoms with Gasteiger partial charge >= 0.3 is 5.97 Å². The number of H-pyrrole nitrogens is 2. The molecule has 2 rings (SSSR count). The molecule has 0 saturated heterocycles. The zero-order valence-corrected chi connectivity index (χ0v) is 8.24. The number of carbonyl (C=O) groups is 1. The molecule has 5 N–H and O–H groups in total. The van der Waals surface area contributed by atoms with Crippen molar-refractivity contribution in [3.05, 3.63) is 24.5 Å². The first-order chi connectivity index (χ1) is 7.70. The summed E-state index contributed by atoms with van der Waals surface area (Å²) in [6.07, 6.45) is 4.67. The van der Waals surface area contributed by atoms with Gasteiger partial charge in [0.25, 0.3) is 0 Å². The Morgan fingerprint density at radius 3 is 2.81 bits per heavy atom. The lowest BCUT2D eigenvalue weighted by atomic mass is 10.2. The maximum atomic E-state index is 10.3. The van der Waals surface area contributed by atoms with Crippen molar-refractivity contribution in [2.45, 2.75) is 12.5 Å². The molecule has 86 valence electrons. The summed E-state index contributed by atoms with van der Waals surface area (Å²) >= 11 is 0. The number of imidazole rings is 1. The van der Waals surface area contributed by atoms with E-state index in [0.29, 0.717) is 0 Å². The monoisotopic (exact) mass is 225 g/mol. The SMILES string of the molecule is NC(Cc1cnc[nH]1)C(=O)O.c1nn[nH]n1. The summed E-state index contributed by atoms with van der Waals surface area (Å²) in [5.41, 5.74) is 6.00. The topological polar surface area (TPSA) is 146 Å². The molecule has 9 heteroatoms. The lowest BCUT2D eigenvalue weighted by molar-refractivity contribution is -0.138. The number of carboxylic acid groups (broad SMARTS) is 1. The molecule has 1 unspecified atom stereocenters. The van der Waals surface area contributed by atoms with Crippen molar-refractivity contribution in [3.8, 4) is 0 Å². The number of nitrogens with two attached hydrogens (primary N) is 1. The minimum Gasteiger partial charge on any atom is -0.480 e. The zero-order valence-electron chi connectivity index (χ0n) is 8.24. The Morgan fingerprint density at radius 1 is 1.62 bits per heavy atom. The van der Waals surface area contributed by atoms with Gasteiger partial charge in [-0.25, -0.2) is 4.98 Å².